The van der Waals surface area contributed by atoms with Crippen LogP contribution in [0.3, 0.4) is 0 Å². The summed E-state index contributed by atoms with van der Waals surface area (Å²) in [7, 11) is 0. The molecule has 0 unspecified atom stereocenters. The summed E-state index contributed by atoms with van der Waals surface area (Å²) in [5.74, 6) is 0.582. The molecule has 0 N–H and O–H groups in total. The van der Waals surface area contributed by atoms with Crippen molar-refractivity contribution < 1.29 is 0 Å². The molecule has 2 aromatic rings. The molecule has 1 aromatic carbocycles. The zero-order valence-corrected chi connectivity index (χ0v) is 14.1. The second kappa shape index (κ2) is 7.93. The standard InChI is InChI=1S/C19H24N4O/c1-2-22-12-10-20-18(19(22)24)23-15-13-21(14-16-23)11-6-9-17-7-4-3-5-8-17/h3-10,12H,2,11,13-16H2,1H3/b9-6+. The van der Waals surface area contributed by atoms with E-state index >= 15 is 0 Å². The Bertz CT molecular complexity index is 731. The van der Waals surface area contributed by atoms with Crippen molar-refractivity contribution in [3.63, 3.8) is 0 Å². The van der Waals surface area contributed by atoms with Gasteiger partial charge >= 0.3 is 0 Å². The molecule has 126 valence electrons. The number of anilines is 1. The molecule has 2 heterocycles. The van der Waals surface area contributed by atoms with Crippen molar-refractivity contribution in [1.82, 2.24) is 14.5 Å². The van der Waals surface area contributed by atoms with Crippen LogP contribution in [0.2, 0.25) is 0 Å². The van der Waals surface area contributed by atoms with Crippen molar-refractivity contribution in [2.75, 3.05) is 37.6 Å². The summed E-state index contributed by atoms with van der Waals surface area (Å²) in [6.07, 6.45) is 7.83. The minimum Gasteiger partial charge on any atom is -0.349 e. The number of aryl methyl sites for hydroxylation is 1. The Labute approximate surface area is 142 Å². The number of aromatic nitrogens is 2. The van der Waals surface area contributed by atoms with Crippen molar-refractivity contribution in [2.24, 2.45) is 0 Å². The number of nitrogens with zero attached hydrogens (tertiary/aromatic N) is 4. The molecule has 0 saturated carbocycles. The van der Waals surface area contributed by atoms with Crippen molar-refractivity contribution in [3.05, 3.63) is 64.7 Å². The highest BCUT2D eigenvalue weighted by molar-refractivity contribution is 5.48. The molecule has 0 bridgehead atoms. The first kappa shape index (κ1) is 16.5. The molecule has 3 rings (SSSR count). The van der Waals surface area contributed by atoms with Gasteiger partial charge in [0, 0.05) is 51.7 Å². The molecule has 1 aliphatic rings. The van der Waals surface area contributed by atoms with E-state index in [4.69, 9.17) is 0 Å². The molecular formula is C19H24N4O. The van der Waals surface area contributed by atoms with Crippen molar-refractivity contribution in [2.45, 2.75) is 13.5 Å². The van der Waals surface area contributed by atoms with E-state index in [1.165, 1.54) is 5.56 Å². The van der Waals surface area contributed by atoms with Crippen LogP contribution in [0.25, 0.3) is 6.08 Å². The second-order valence-corrected chi connectivity index (χ2v) is 5.94. The molecule has 24 heavy (non-hydrogen) atoms. The van der Waals surface area contributed by atoms with Gasteiger partial charge in [-0.05, 0) is 12.5 Å². The first-order valence-corrected chi connectivity index (χ1v) is 8.52. The molecule has 0 amide bonds. The van der Waals surface area contributed by atoms with E-state index in [1.54, 1.807) is 17.0 Å². The maximum Gasteiger partial charge on any atom is 0.293 e. The lowest BCUT2D eigenvalue weighted by Crippen LogP contribution is -2.48. The predicted molar refractivity (Wildman–Crippen MR) is 98.3 cm³/mol. The van der Waals surface area contributed by atoms with Gasteiger partial charge in [-0.25, -0.2) is 4.98 Å². The first-order valence-electron chi connectivity index (χ1n) is 8.52. The van der Waals surface area contributed by atoms with Crippen LogP contribution in [0.15, 0.2) is 53.6 Å². The van der Waals surface area contributed by atoms with Gasteiger partial charge in [0.1, 0.15) is 0 Å². The van der Waals surface area contributed by atoms with E-state index in [0.29, 0.717) is 12.4 Å². The fraction of sp³-hybridized carbons (Fsp3) is 0.368. The average Bonchev–Trinajstić information content (AvgIpc) is 2.64. The predicted octanol–water partition coefficient (Wildman–Crippen LogP) is 2.10. The molecular weight excluding hydrogens is 300 g/mol. The minimum atomic E-state index is 0.0115. The minimum absolute atomic E-state index is 0.0115. The van der Waals surface area contributed by atoms with Gasteiger partial charge in [0.2, 0.25) is 0 Å². The summed E-state index contributed by atoms with van der Waals surface area (Å²) >= 11 is 0. The summed E-state index contributed by atoms with van der Waals surface area (Å²) in [5, 5.41) is 0. The van der Waals surface area contributed by atoms with E-state index in [2.05, 4.69) is 39.1 Å². The Hall–Kier alpha value is -2.40. The summed E-state index contributed by atoms with van der Waals surface area (Å²) < 4.78 is 1.71. The number of rotatable bonds is 5. The maximum absolute atomic E-state index is 12.3. The van der Waals surface area contributed by atoms with Gasteiger partial charge in [-0.2, -0.15) is 0 Å². The largest absolute Gasteiger partial charge is 0.349 e. The highest BCUT2D eigenvalue weighted by Crippen LogP contribution is 2.09. The fourth-order valence-electron chi connectivity index (χ4n) is 2.95. The zero-order chi connectivity index (χ0) is 16.8. The third-order valence-corrected chi connectivity index (χ3v) is 4.38. The van der Waals surface area contributed by atoms with Gasteiger partial charge in [-0.3, -0.25) is 9.69 Å². The van der Waals surface area contributed by atoms with Crippen LogP contribution in [0, 0.1) is 0 Å². The number of benzene rings is 1. The third kappa shape index (κ3) is 3.92. The van der Waals surface area contributed by atoms with Crippen LogP contribution < -0.4 is 10.5 Å². The van der Waals surface area contributed by atoms with Gasteiger partial charge in [0.25, 0.3) is 5.56 Å². The summed E-state index contributed by atoms with van der Waals surface area (Å²) in [5.41, 5.74) is 1.24. The van der Waals surface area contributed by atoms with Crippen molar-refractivity contribution >= 4 is 11.9 Å². The third-order valence-electron chi connectivity index (χ3n) is 4.38. The average molecular weight is 324 g/mol. The number of hydrogen-bond donors (Lipinski definition) is 0. The SMILES string of the molecule is CCn1ccnc(N2CCN(C/C=C/c3ccccc3)CC2)c1=O. The molecule has 0 radical (unpaired) electrons. The Kier molecular flexibility index (Phi) is 5.43. The van der Waals surface area contributed by atoms with Crippen LogP contribution in [0.4, 0.5) is 5.82 Å². The Morgan fingerprint density at radius 1 is 1.12 bits per heavy atom. The number of piperazine rings is 1. The summed E-state index contributed by atoms with van der Waals surface area (Å²) in [6, 6.07) is 10.3. The van der Waals surface area contributed by atoms with Crippen molar-refractivity contribution in [3.8, 4) is 0 Å². The molecule has 1 fully saturated rings. The molecule has 1 aromatic heterocycles. The summed E-state index contributed by atoms with van der Waals surface area (Å²) in [6.45, 7) is 7.16. The Morgan fingerprint density at radius 2 is 1.88 bits per heavy atom. The van der Waals surface area contributed by atoms with Gasteiger partial charge in [-0.15, -0.1) is 0 Å². The molecule has 5 heteroatoms. The van der Waals surface area contributed by atoms with E-state index in [9.17, 15) is 4.79 Å². The van der Waals surface area contributed by atoms with E-state index in [-0.39, 0.29) is 5.56 Å². The fourth-order valence-corrected chi connectivity index (χ4v) is 2.95. The highest BCUT2D eigenvalue weighted by Gasteiger charge is 2.19. The van der Waals surface area contributed by atoms with Gasteiger partial charge < -0.3 is 9.47 Å². The summed E-state index contributed by atoms with van der Waals surface area (Å²) in [4.78, 5) is 21.1. The van der Waals surface area contributed by atoms with Crippen LogP contribution in [-0.4, -0.2) is 47.2 Å². The maximum atomic E-state index is 12.3. The van der Waals surface area contributed by atoms with Crippen LogP contribution in [0.1, 0.15) is 12.5 Å². The van der Waals surface area contributed by atoms with E-state index in [0.717, 1.165) is 32.7 Å². The number of hydrogen-bond acceptors (Lipinski definition) is 4. The smallest absolute Gasteiger partial charge is 0.293 e. The Morgan fingerprint density at radius 3 is 2.58 bits per heavy atom. The molecule has 0 aliphatic carbocycles. The molecule has 0 spiro atoms. The van der Waals surface area contributed by atoms with E-state index in [1.807, 2.05) is 25.1 Å². The normalized spacial score (nSPS) is 16.0. The molecule has 5 nitrogen and oxygen atoms in total. The molecule has 0 atom stereocenters. The lowest BCUT2D eigenvalue weighted by molar-refractivity contribution is 0.283. The van der Waals surface area contributed by atoms with Crippen molar-refractivity contribution in [1.29, 1.82) is 0 Å². The van der Waals surface area contributed by atoms with Gasteiger partial charge in [0.05, 0.1) is 0 Å². The quantitative estimate of drug-likeness (QED) is 0.845. The Balaban J connectivity index is 1.55. The topological polar surface area (TPSA) is 41.4 Å². The van der Waals surface area contributed by atoms with Crippen LogP contribution in [0.5, 0.6) is 0 Å². The van der Waals surface area contributed by atoms with E-state index < -0.39 is 0 Å². The van der Waals surface area contributed by atoms with Crippen LogP contribution >= 0.6 is 0 Å². The lowest BCUT2D eigenvalue weighted by Gasteiger charge is -2.34. The van der Waals surface area contributed by atoms with Crippen LogP contribution in [-0.2, 0) is 6.54 Å². The van der Waals surface area contributed by atoms with Gasteiger partial charge in [0.15, 0.2) is 5.82 Å². The lowest BCUT2D eigenvalue weighted by atomic mass is 10.2. The molecule has 1 saturated heterocycles. The van der Waals surface area contributed by atoms with Gasteiger partial charge in [-0.1, -0.05) is 42.5 Å². The second-order valence-electron chi connectivity index (χ2n) is 5.94. The first-order chi connectivity index (χ1) is 11.8. The molecule has 1 aliphatic heterocycles. The highest BCUT2D eigenvalue weighted by atomic mass is 16.1. The monoisotopic (exact) mass is 324 g/mol. The zero-order valence-electron chi connectivity index (χ0n) is 14.1.